The largest absolute Gasteiger partial charge is 0.497 e. The first-order valence-corrected chi connectivity index (χ1v) is 10.2. The zero-order valence-corrected chi connectivity index (χ0v) is 18.3. The third-order valence-corrected chi connectivity index (χ3v) is 5.21. The molecule has 0 N–H and O–H groups in total. The molecule has 0 saturated heterocycles. The Balaban J connectivity index is 1.52. The number of benzene rings is 3. The fourth-order valence-electron chi connectivity index (χ4n) is 3.49. The first kappa shape index (κ1) is 21.2. The summed E-state index contributed by atoms with van der Waals surface area (Å²) >= 11 is 0. The van der Waals surface area contributed by atoms with Crippen molar-refractivity contribution in [3.63, 3.8) is 0 Å². The van der Waals surface area contributed by atoms with Crippen molar-refractivity contribution >= 4 is 17.9 Å². The second-order valence-corrected chi connectivity index (χ2v) is 7.24. The summed E-state index contributed by atoms with van der Waals surface area (Å²) in [6, 6.07) is 19.0. The van der Waals surface area contributed by atoms with Gasteiger partial charge in [-0.1, -0.05) is 36.4 Å². The van der Waals surface area contributed by atoms with Gasteiger partial charge in [0.2, 0.25) is 5.78 Å². The van der Waals surface area contributed by atoms with Gasteiger partial charge in [-0.3, -0.25) is 4.79 Å². The molecule has 4 rings (SSSR count). The Labute approximate surface area is 187 Å². The molecule has 5 heteroatoms. The summed E-state index contributed by atoms with van der Waals surface area (Å²) in [5.41, 5.74) is 3.14. The molecule has 0 fully saturated rings. The number of allylic oxidation sites excluding steroid dienone is 1. The molecule has 0 bridgehead atoms. The lowest BCUT2D eigenvalue weighted by atomic mass is 10.1. The van der Waals surface area contributed by atoms with Crippen molar-refractivity contribution in [2.75, 3.05) is 20.8 Å². The van der Waals surface area contributed by atoms with Crippen LogP contribution in [0.5, 0.6) is 23.0 Å². The van der Waals surface area contributed by atoms with Crippen LogP contribution in [0.1, 0.15) is 27.0 Å². The predicted molar refractivity (Wildman–Crippen MR) is 125 cm³/mol. The van der Waals surface area contributed by atoms with E-state index in [9.17, 15) is 4.79 Å². The second-order valence-electron chi connectivity index (χ2n) is 7.24. The molecule has 0 aliphatic carbocycles. The highest BCUT2D eigenvalue weighted by atomic mass is 16.5. The monoisotopic (exact) mass is 428 g/mol. The molecule has 1 aliphatic rings. The summed E-state index contributed by atoms with van der Waals surface area (Å²) < 4.78 is 22.5. The normalized spacial score (nSPS) is 13.8. The van der Waals surface area contributed by atoms with E-state index in [2.05, 4.69) is 0 Å². The van der Waals surface area contributed by atoms with Gasteiger partial charge in [0.05, 0.1) is 19.8 Å². The third kappa shape index (κ3) is 4.37. The highest BCUT2D eigenvalue weighted by Gasteiger charge is 2.30. The van der Waals surface area contributed by atoms with Crippen LogP contribution in [0.25, 0.3) is 12.2 Å². The minimum Gasteiger partial charge on any atom is -0.497 e. The lowest BCUT2D eigenvalue weighted by Crippen LogP contribution is -1.99. The molecule has 0 saturated carbocycles. The van der Waals surface area contributed by atoms with Gasteiger partial charge in [-0.05, 0) is 48.9 Å². The molecule has 0 atom stereocenters. The number of ether oxygens (including phenoxy) is 4. The Kier molecular flexibility index (Phi) is 6.26. The first-order valence-electron chi connectivity index (χ1n) is 10.2. The van der Waals surface area contributed by atoms with E-state index in [0.717, 1.165) is 16.7 Å². The van der Waals surface area contributed by atoms with Gasteiger partial charge in [0, 0.05) is 17.2 Å². The maximum atomic E-state index is 12.9. The van der Waals surface area contributed by atoms with Crippen LogP contribution in [0.4, 0.5) is 0 Å². The van der Waals surface area contributed by atoms with Crippen LogP contribution in [0, 0.1) is 6.92 Å². The van der Waals surface area contributed by atoms with Crippen molar-refractivity contribution in [1.29, 1.82) is 0 Å². The van der Waals surface area contributed by atoms with E-state index in [-0.39, 0.29) is 11.5 Å². The van der Waals surface area contributed by atoms with Crippen molar-refractivity contribution in [1.82, 2.24) is 0 Å². The van der Waals surface area contributed by atoms with E-state index in [4.69, 9.17) is 18.9 Å². The zero-order valence-electron chi connectivity index (χ0n) is 18.3. The quantitative estimate of drug-likeness (QED) is 0.451. The fraction of sp³-hybridized carbons (Fsp3) is 0.148. The van der Waals surface area contributed by atoms with E-state index in [1.54, 1.807) is 32.4 Å². The highest BCUT2D eigenvalue weighted by Crippen LogP contribution is 2.40. The second kappa shape index (κ2) is 9.43. The number of fused-ring (bicyclic) bond motifs is 1. The van der Waals surface area contributed by atoms with Crippen molar-refractivity contribution in [3.8, 4) is 23.0 Å². The molecular weight excluding hydrogens is 404 g/mol. The van der Waals surface area contributed by atoms with Gasteiger partial charge in [0.1, 0.15) is 29.6 Å². The maximum absolute atomic E-state index is 12.9. The lowest BCUT2D eigenvalue weighted by molar-refractivity contribution is 0.101. The lowest BCUT2D eigenvalue weighted by Gasteiger charge is -2.10. The fourth-order valence-corrected chi connectivity index (χ4v) is 3.49. The van der Waals surface area contributed by atoms with Crippen LogP contribution >= 0.6 is 0 Å². The summed E-state index contributed by atoms with van der Waals surface area (Å²) in [6.45, 7) is 2.30. The Hall–Kier alpha value is -3.99. The molecule has 162 valence electrons. The number of Topliss-reactive ketones (excluding diaryl/α,β-unsaturated/α-hetero) is 1. The molecule has 0 unspecified atom stereocenters. The molecule has 0 spiro atoms. The minimum atomic E-state index is -0.170. The van der Waals surface area contributed by atoms with Crippen LogP contribution in [0.15, 0.2) is 72.5 Å². The predicted octanol–water partition coefficient (Wildman–Crippen LogP) is 5.72. The van der Waals surface area contributed by atoms with Crippen LogP contribution in [0.2, 0.25) is 0 Å². The molecule has 1 heterocycles. The number of carbonyl (C=O) groups is 1. The summed E-state index contributed by atoms with van der Waals surface area (Å²) in [5.74, 6) is 2.54. The smallest absolute Gasteiger partial charge is 0.231 e. The van der Waals surface area contributed by atoms with Gasteiger partial charge in [-0.15, -0.1) is 0 Å². The van der Waals surface area contributed by atoms with Gasteiger partial charge in [0.25, 0.3) is 0 Å². The van der Waals surface area contributed by atoms with Crippen molar-refractivity contribution < 1.29 is 23.7 Å². The van der Waals surface area contributed by atoms with E-state index in [0.29, 0.717) is 35.2 Å². The van der Waals surface area contributed by atoms with Gasteiger partial charge >= 0.3 is 0 Å². The summed E-state index contributed by atoms with van der Waals surface area (Å²) in [7, 11) is 3.16. The van der Waals surface area contributed by atoms with Crippen molar-refractivity contribution in [3.05, 3.63) is 94.8 Å². The van der Waals surface area contributed by atoms with Crippen molar-refractivity contribution in [2.24, 2.45) is 0 Å². The van der Waals surface area contributed by atoms with Gasteiger partial charge in [-0.2, -0.15) is 0 Å². The Bertz CT molecular complexity index is 1190. The van der Waals surface area contributed by atoms with E-state index < -0.39 is 0 Å². The van der Waals surface area contributed by atoms with Crippen LogP contribution in [0.3, 0.4) is 0 Å². The average Bonchev–Trinajstić information content (AvgIpc) is 3.15. The number of hydrogen-bond acceptors (Lipinski definition) is 5. The number of hydrogen-bond donors (Lipinski definition) is 0. The van der Waals surface area contributed by atoms with E-state index in [1.165, 1.54) is 0 Å². The highest BCUT2D eigenvalue weighted by molar-refractivity contribution is 6.15. The van der Waals surface area contributed by atoms with Crippen LogP contribution in [-0.4, -0.2) is 26.6 Å². The molecule has 0 aromatic heterocycles. The molecule has 3 aromatic carbocycles. The Morgan fingerprint density at radius 1 is 0.938 bits per heavy atom. The number of carbonyl (C=O) groups excluding carboxylic acids is 1. The van der Waals surface area contributed by atoms with Gasteiger partial charge in [0.15, 0.2) is 5.76 Å². The molecule has 3 aromatic rings. The minimum absolute atomic E-state index is 0.170. The number of rotatable bonds is 7. The SMILES string of the molecule is COc1ccc(/C=C2\Oc3c(ccc(OC/C=C/c4ccccc4)c3C)C2=O)c(OC)c1. The maximum Gasteiger partial charge on any atom is 0.231 e. The molecule has 0 amide bonds. The number of ketones is 1. The first-order chi connectivity index (χ1) is 15.6. The number of methoxy groups -OCH3 is 2. The van der Waals surface area contributed by atoms with E-state index in [1.807, 2.05) is 67.6 Å². The third-order valence-electron chi connectivity index (χ3n) is 5.21. The zero-order chi connectivity index (χ0) is 22.5. The summed E-state index contributed by atoms with van der Waals surface area (Å²) in [6.07, 6.45) is 5.64. The molecule has 1 aliphatic heterocycles. The van der Waals surface area contributed by atoms with E-state index >= 15 is 0 Å². The molecular formula is C27H24O5. The molecule has 5 nitrogen and oxygen atoms in total. The van der Waals surface area contributed by atoms with Crippen molar-refractivity contribution in [2.45, 2.75) is 6.92 Å². The molecule has 32 heavy (non-hydrogen) atoms. The molecule has 0 radical (unpaired) electrons. The average molecular weight is 428 g/mol. The summed E-state index contributed by atoms with van der Waals surface area (Å²) in [4.78, 5) is 12.9. The topological polar surface area (TPSA) is 54.0 Å². The standard InChI is InChI=1S/C27H24O5/c1-18-23(31-15-7-10-19-8-5-4-6-9-19)14-13-22-26(28)25(32-27(18)22)16-20-11-12-21(29-2)17-24(20)30-3/h4-14,16-17H,15H2,1-3H3/b10-7+,25-16-. The summed E-state index contributed by atoms with van der Waals surface area (Å²) in [5, 5.41) is 0. The Morgan fingerprint density at radius 3 is 2.50 bits per heavy atom. The van der Waals surface area contributed by atoms with Crippen LogP contribution in [-0.2, 0) is 0 Å². The van der Waals surface area contributed by atoms with Crippen LogP contribution < -0.4 is 18.9 Å². The van der Waals surface area contributed by atoms with Gasteiger partial charge < -0.3 is 18.9 Å². The Morgan fingerprint density at radius 2 is 1.75 bits per heavy atom. The van der Waals surface area contributed by atoms with Gasteiger partial charge in [-0.25, -0.2) is 0 Å².